The molecular formula is C25H34FN6O8P. The molecule has 16 heteroatoms. The van der Waals surface area contributed by atoms with Crippen molar-refractivity contribution >= 4 is 30.8 Å². The van der Waals surface area contributed by atoms with Gasteiger partial charge in [-0.05, 0) is 46.8 Å². The van der Waals surface area contributed by atoms with E-state index >= 15 is 4.39 Å². The van der Waals surface area contributed by atoms with Gasteiger partial charge in [0.15, 0.2) is 23.1 Å². The average Bonchev–Trinajstić information content (AvgIpc) is 3.41. The molecule has 0 saturated carbocycles. The molecule has 14 nitrogen and oxygen atoms in total. The Balaban J connectivity index is 1.56. The highest BCUT2D eigenvalue weighted by Crippen LogP contribution is 2.48. The minimum atomic E-state index is -4.29. The van der Waals surface area contributed by atoms with Gasteiger partial charge in [-0.1, -0.05) is 18.2 Å². The van der Waals surface area contributed by atoms with Crippen molar-refractivity contribution in [3.05, 3.63) is 36.7 Å². The van der Waals surface area contributed by atoms with Crippen molar-refractivity contribution in [2.45, 2.75) is 70.9 Å². The van der Waals surface area contributed by atoms with Crippen molar-refractivity contribution in [3.8, 4) is 11.6 Å². The highest BCUT2D eigenvalue weighted by Gasteiger charge is 2.56. The number of aliphatic hydroxyl groups is 1. The van der Waals surface area contributed by atoms with Gasteiger partial charge in [-0.25, -0.2) is 13.9 Å². The number of carbonyl (C=O) groups excluding carboxylic acids is 1. The van der Waals surface area contributed by atoms with Crippen LogP contribution in [0.4, 0.5) is 10.3 Å². The Morgan fingerprint density at radius 1 is 1.29 bits per heavy atom. The molecule has 1 aliphatic rings. The van der Waals surface area contributed by atoms with Crippen molar-refractivity contribution in [1.82, 2.24) is 24.6 Å². The smallest absolute Gasteiger partial charge is 0.459 e. The monoisotopic (exact) mass is 596 g/mol. The molecule has 1 saturated heterocycles. The molecule has 3 heterocycles. The number of imidazole rings is 1. The van der Waals surface area contributed by atoms with Gasteiger partial charge in [0.2, 0.25) is 11.8 Å². The van der Waals surface area contributed by atoms with Crippen LogP contribution >= 0.6 is 7.75 Å². The molecule has 0 amide bonds. The van der Waals surface area contributed by atoms with Gasteiger partial charge in [-0.3, -0.25) is 13.9 Å². The van der Waals surface area contributed by atoms with Crippen molar-refractivity contribution in [2.75, 3.05) is 18.9 Å². The molecule has 0 bridgehead atoms. The summed E-state index contributed by atoms with van der Waals surface area (Å²) >= 11 is 0. The van der Waals surface area contributed by atoms with Crippen molar-refractivity contribution in [3.63, 3.8) is 0 Å². The molecule has 0 spiro atoms. The lowest BCUT2D eigenvalue weighted by Gasteiger charge is -2.25. The van der Waals surface area contributed by atoms with Gasteiger partial charge in [0.25, 0.3) is 0 Å². The van der Waals surface area contributed by atoms with E-state index in [0.717, 1.165) is 6.92 Å². The molecule has 2 aromatic heterocycles. The molecule has 0 unspecified atom stereocenters. The van der Waals surface area contributed by atoms with E-state index in [1.165, 1.54) is 17.8 Å². The number of para-hydroxylation sites is 1. The third-order valence-electron chi connectivity index (χ3n) is 6.09. The number of fused-ring (bicyclic) bond motifs is 1. The number of nitrogens with one attached hydrogen (secondary N) is 1. The minimum absolute atomic E-state index is 0.114. The number of rotatable bonds is 12. The van der Waals surface area contributed by atoms with Gasteiger partial charge in [0.1, 0.15) is 24.0 Å². The molecule has 224 valence electrons. The van der Waals surface area contributed by atoms with Gasteiger partial charge in [0, 0.05) is 0 Å². The van der Waals surface area contributed by atoms with E-state index in [9.17, 15) is 14.5 Å². The molecule has 0 aliphatic carbocycles. The van der Waals surface area contributed by atoms with E-state index in [4.69, 9.17) is 29.0 Å². The highest BCUT2D eigenvalue weighted by atomic mass is 31.2. The van der Waals surface area contributed by atoms with Crippen LogP contribution in [0.15, 0.2) is 36.7 Å². The first-order valence-electron chi connectivity index (χ1n) is 13.0. The quantitative estimate of drug-likeness (QED) is 0.205. The fraction of sp³-hybridized carbons (Fsp3) is 0.520. The van der Waals surface area contributed by atoms with E-state index in [0.29, 0.717) is 0 Å². The molecule has 4 rings (SSSR count). The number of nitrogen functional groups attached to an aromatic ring is 1. The number of hydrogen-bond acceptors (Lipinski definition) is 12. The molecule has 1 fully saturated rings. The van der Waals surface area contributed by atoms with Crippen molar-refractivity contribution in [1.29, 1.82) is 0 Å². The Morgan fingerprint density at radius 2 is 2.00 bits per heavy atom. The number of carbonyl (C=O) groups is 1. The van der Waals surface area contributed by atoms with Gasteiger partial charge in [-0.15, -0.1) is 0 Å². The number of hydrogen-bond donors (Lipinski definition) is 3. The number of nitrogens with two attached hydrogens (primary N) is 1. The number of ether oxygens (including phenoxy) is 3. The van der Waals surface area contributed by atoms with Gasteiger partial charge in [-0.2, -0.15) is 15.1 Å². The number of benzene rings is 1. The van der Waals surface area contributed by atoms with Crippen LogP contribution in [0.5, 0.6) is 11.6 Å². The number of alkyl halides is 1. The molecule has 1 aromatic carbocycles. The molecule has 0 radical (unpaired) electrons. The van der Waals surface area contributed by atoms with Gasteiger partial charge < -0.3 is 29.6 Å². The SMILES string of the molecule is CCOc1nc(N)nc2c1ncn2[C@@H]1O[C@H](CO[P@](=O)(N[C@H](C)C(=O)OC(C)C)Oc2ccccc2)[C@@H](O)[C@@]1(C)F. The second-order valence-electron chi connectivity index (χ2n) is 9.80. The summed E-state index contributed by atoms with van der Waals surface area (Å²) in [4.78, 5) is 24.8. The molecule has 1 aliphatic heterocycles. The topological polar surface area (TPSA) is 182 Å². The third-order valence-corrected chi connectivity index (χ3v) is 7.74. The summed E-state index contributed by atoms with van der Waals surface area (Å²) in [5.74, 6) is -0.519. The zero-order valence-corrected chi connectivity index (χ0v) is 24.2. The van der Waals surface area contributed by atoms with Crippen LogP contribution in [-0.4, -0.2) is 73.8 Å². The average molecular weight is 597 g/mol. The maximum atomic E-state index is 16.0. The predicted molar refractivity (Wildman–Crippen MR) is 145 cm³/mol. The summed E-state index contributed by atoms with van der Waals surface area (Å²) in [6.45, 7) is 7.38. The Labute approximate surface area is 235 Å². The molecule has 4 N–H and O–H groups in total. The van der Waals surface area contributed by atoms with Crippen LogP contribution in [0.1, 0.15) is 40.8 Å². The number of aliphatic hydroxyl groups excluding tert-OH is 1. The first-order chi connectivity index (χ1) is 19.3. The van der Waals surface area contributed by atoms with Gasteiger partial charge in [0.05, 0.1) is 25.6 Å². The summed E-state index contributed by atoms with van der Waals surface area (Å²) in [6.07, 6.45) is -3.61. The third kappa shape index (κ3) is 6.76. The second-order valence-corrected chi connectivity index (χ2v) is 11.5. The summed E-state index contributed by atoms with van der Waals surface area (Å²) in [5.41, 5.74) is 3.79. The van der Waals surface area contributed by atoms with E-state index in [-0.39, 0.29) is 35.3 Å². The van der Waals surface area contributed by atoms with Crippen LogP contribution < -0.4 is 20.1 Å². The summed E-state index contributed by atoms with van der Waals surface area (Å²) in [5, 5.41) is 13.4. The zero-order valence-electron chi connectivity index (χ0n) is 23.3. The lowest BCUT2D eigenvalue weighted by molar-refractivity contribution is -0.149. The number of halogens is 1. The van der Waals surface area contributed by atoms with Crippen LogP contribution in [0.25, 0.3) is 11.2 Å². The Kier molecular flexibility index (Phi) is 9.14. The maximum Gasteiger partial charge on any atom is 0.459 e. The van der Waals surface area contributed by atoms with E-state index < -0.39 is 56.6 Å². The summed E-state index contributed by atoms with van der Waals surface area (Å²) < 4.78 is 58.8. The number of nitrogens with zero attached hydrogens (tertiary/aromatic N) is 4. The fourth-order valence-corrected chi connectivity index (χ4v) is 5.67. The van der Waals surface area contributed by atoms with Gasteiger partial charge >= 0.3 is 13.7 Å². The first kappa shape index (κ1) is 30.6. The molecule has 6 atom stereocenters. The normalized spacial score (nSPS) is 24.7. The van der Waals surface area contributed by atoms with Crippen molar-refractivity contribution in [2.24, 2.45) is 0 Å². The predicted octanol–water partition coefficient (Wildman–Crippen LogP) is 2.93. The largest absolute Gasteiger partial charge is 0.476 e. The lowest BCUT2D eigenvalue weighted by atomic mass is 9.98. The Bertz CT molecular complexity index is 1410. The molecular weight excluding hydrogens is 562 g/mol. The van der Waals surface area contributed by atoms with E-state index in [1.54, 1.807) is 51.1 Å². The van der Waals surface area contributed by atoms with Crippen LogP contribution in [-0.2, 0) is 23.4 Å². The number of aromatic nitrogens is 4. The first-order valence-corrected chi connectivity index (χ1v) is 14.5. The Morgan fingerprint density at radius 3 is 2.66 bits per heavy atom. The van der Waals surface area contributed by atoms with E-state index in [2.05, 4.69) is 20.0 Å². The van der Waals surface area contributed by atoms with Crippen LogP contribution in [0, 0.1) is 0 Å². The van der Waals surface area contributed by atoms with Crippen LogP contribution in [0.2, 0.25) is 0 Å². The second kappa shape index (κ2) is 12.2. The number of anilines is 1. The standard InChI is InChI=1S/C25H34FN6O8P/c1-6-36-21-18-20(29-24(27)30-21)32(13-28-18)23-25(5,26)19(33)17(39-23)12-37-41(35,40-16-10-8-7-9-11-16)31-15(4)22(34)38-14(2)3/h7-11,13-15,17,19,23,33H,6,12H2,1-5H3,(H,31,35)(H2,27,29,30)/t15-,17-,19-,23-,25-,41-/m1/s1. The van der Waals surface area contributed by atoms with Crippen molar-refractivity contribution < 1.29 is 42.1 Å². The fourth-order valence-electron chi connectivity index (χ4n) is 4.17. The minimum Gasteiger partial charge on any atom is -0.476 e. The lowest BCUT2D eigenvalue weighted by Crippen LogP contribution is -2.41. The zero-order chi connectivity index (χ0) is 29.9. The summed E-state index contributed by atoms with van der Waals surface area (Å²) in [7, 11) is -4.29. The molecule has 41 heavy (non-hydrogen) atoms. The Hall–Kier alpha value is -3.36. The van der Waals surface area contributed by atoms with E-state index in [1.807, 2.05) is 0 Å². The summed E-state index contributed by atoms with van der Waals surface area (Å²) in [6, 6.07) is 7.03. The highest BCUT2D eigenvalue weighted by molar-refractivity contribution is 7.52. The maximum absolute atomic E-state index is 16.0. The molecule has 3 aromatic rings. The van der Waals surface area contributed by atoms with Crippen LogP contribution in [0.3, 0.4) is 0 Å². The number of esters is 1.